The zero-order valence-corrected chi connectivity index (χ0v) is 8.67. The van der Waals surface area contributed by atoms with E-state index in [0.717, 1.165) is 4.88 Å². The van der Waals surface area contributed by atoms with Crippen LogP contribution in [0.3, 0.4) is 0 Å². The summed E-state index contributed by atoms with van der Waals surface area (Å²) >= 11 is 1.48. The van der Waals surface area contributed by atoms with Gasteiger partial charge >= 0.3 is 0 Å². The van der Waals surface area contributed by atoms with Gasteiger partial charge in [-0.2, -0.15) is 0 Å². The van der Waals surface area contributed by atoms with Gasteiger partial charge < -0.3 is 0 Å². The number of hydrogen-bond acceptors (Lipinski definition) is 3. The van der Waals surface area contributed by atoms with Gasteiger partial charge in [0.15, 0.2) is 5.78 Å². The van der Waals surface area contributed by atoms with E-state index in [2.05, 4.69) is 4.99 Å². The predicted octanol–water partition coefficient (Wildman–Crippen LogP) is 2.80. The summed E-state index contributed by atoms with van der Waals surface area (Å²) in [5.74, 6) is 0.152. The Labute approximate surface area is 82.3 Å². The molecule has 0 unspecified atom stereocenters. The van der Waals surface area contributed by atoms with Crippen molar-refractivity contribution < 1.29 is 4.79 Å². The van der Waals surface area contributed by atoms with Crippen molar-refractivity contribution in [1.29, 1.82) is 0 Å². The SMILES string of the molecule is CC(C)N=CCC(=O)c1cccs1. The van der Waals surface area contributed by atoms with Gasteiger partial charge in [-0.15, -0.1) is 11.3 Å². The quantitative estimate of drug-likeness (QED) is 0.536. The lowest BCUT2D eigenvalue weighted by atomic mass is 10.2. The fourth-order valence-corrected chi connectivity index (χ4v) is 1.56. The summed E-state index contributed by atoms with van der Waals surface area (Å²) < 4.78 is 0. The molecule has 1 aromatic rings. The van der Waals surface area contributed by atoms with E-state index in [-0.39, 0.29) is 11.8 Å². The topological polar surface area (TPSA) is 29.4 Å². The molecule has 2 nitrogen and oxygen atoms in total. The van der Waals surface area contributed by atoms with Crippen molar-refractivity contribution in [2.45, 2.75) is 26.3 Å². The van der Waals surface area contributed by atoms with Crippen molar-refractivity contribution in [3.63, 3.8) is 0 Å². The van der Waals surface area contributed by atoms with Gasteiger partial charge in [0.05, 0.1) is 4.88 Å². The number of Topliss-reactive ketones (excluding diaryl/α,β-unsaturated/α-hetero) is 1. The second-order valence-corrected chi connectivity index (χ2v) is 3.98. The van der Waals surface area contributed by atoms with E-state index in [1.165, 1.54) is 11.3 Å². The van der Waals surface area contributed by atoms with Crippen LogP contribution in [0.2, 0.25) is 0 Å². The molecule has 70 valence electrons. The predicted molar refractivity (Wildman–Crippen MR) is 56.9 cm³/mol. The maximum atomic E-state index is 11.4. The average Bonchev–Trinajstić information content (AvgIpc) is 2.55. The van der Waals surface area contributed by atoms with Gasteiger partial charge in [-0.3, -0.25) is 9.79 Å². The minimum Gasteiger partial charge on any atom is -0.294 e. The lowest BCUT2D eigenvalue weighted by Gasteiger charge is -1.94. The van der Waals surface area contributed by atoms with Gasteiger partial charge in [-0.05, 0) is 25.3 Å². The summed E-state index contributed by atoms with van der Waals surface area (Å²) in [6.07, 6.45) is 2.12. The molecule has 0 aliphatic rings. The van der Waals surface area contributed by atoms with Crippen LogP contribution in [0, 0.1) is 0 Å². The van der Waals surface area contributed by atoms with Crippen molar-refractivity contribution in [2.75, 3.05) is 0 Å². The Balaban J connectivity index is 2.43. The molecule has 0 aliphatic carbocycles. The van der Waals surface area contributed by atoms with Crippen LogP contribution in [0.1, 0.15) is 29.9 Å². The molecule has 0 atom stereocenters. The van der Waals surface area contributed by atoms with Crippen molar-refractivity contribution in [3.8, 4) is 0 Å². The maximum Gasteiger partial charge on any atom is 0.178 e. The van der Waals surface area contributed by atoms with Crippen molar-refractivity contribution >= 4 is 23.3 Å². The Morgan fingerprint density at radius 1 is 1.69 bits per heavy atom. The van der Waals surface area contributed by atoms with Gasteiger partial charge in [-0.25, -0.2) is 0 Å². The summed E-state index contributed by atoms with van der Waals surface area (Å²) in [6.45, 7) is 3.98. The van der Waals surface area contributed by atoms with Crippen LogP contribution in [0.5, 0.6) is 0 Å². The van der Waals surface area contributed by atoms with E-state index in [4.69, 9.17) is 0 Å². The van der Waals surface area contributed by atoms with Crippen LogP contribution >= 0.6 is 11.3 Å². The molecule has 0 aliphatic heterocycles. The average molecular weight is 195 g/mol. The van der Waals surface area contributed by atoms with Crippen molar-refractivity contribution in [1.82, 2.24) is 0 Å². The summed E-state index contributed by atoms with van der Waals surface area (Å²) in [7, 11) is 0. The number of carbonyl (C=O) groups is 1. The van der Waals surface area contributed by atoms with Gasteiger partial charge in [0.25, 0.3) is 0 Å². The third-order valence-electron chi connectivity index (χ3n) is 1.48. The van der Waals surface area contributed by atoms with Gasteiger partial charge in [0.1, 0.15) is 0 Å². The van der Waals surface area contributed by atoms with Crippen LogP contribution in [0.4, 0.5) is 0 Å². The number of hydrogen-bond donors (Lipinski definition) is 0. The first-order chi connectivity index (χ1) is 6.20. The monoisotopic (exact) mass is 195 g/mol. The molecule has 0 saturated carbocycles. The smallest absolute Gasteiger partial charge is 0.178 e. The Hall–Kier alpha value is -0.960. The Kier molecular flexibility index (Phi) is 3.83. The van der Waals surface area contributed by atoms with Gasteiger partial charge in [0, 0.05) is 18.7 Å². The third-order valence-corrected chi connectivity index (χ3v) is 2.39. The fraction of sp³-hybridized carbons (Fsp3) is 0.400. The molecule has 0 saturated heterocycles. The zero-order valence-electron chi connectivity index (χ0n) is 7.86. The van der Waals surface area contributed by atoms with Crippen LogP contribution in [-0.2, 0) is 0 Å². The molecule has 13 heavy (non-hydrogen) atoms. The largest absolute Gasteiger partial charge is 0.294 e. The minimum absolute atomic E-state index is 0.152. The van der Waals surface area contributed by atoms with E-state index in [1.54, 1.807) is 6.21 Å². The molecule has 1 heterocycles. The molecule has 0 fully saturated rings. The van der Waals surface area contributed by atoms with E-state index in [1.807, 2.05) is 31.4 Å². The number of ketones is 1. The molecule has 1 aromatic heterocycles. The van der Waals surface area contributed by atoms with E-state index < -0.39 is 0 Å². The van der Waals surface area contributed by atoms with Crippen LogP contribution < -0.4 is 0 Å². The molecule has 1 rings (SSSR count). The maximum absolute atomic E-state index is 11.4. The molecule has 0 aromatic carbocycles. The number of rotatable bonds is 4. The molecule has 0 radical (unpaired) electrons. The molecule has 0 spiro atoms. The van der Waals surface area contributed by atoms with Gasteiger partial charge in [0.2, 0.25) is 0 Å². The minimum atomic E-state index is 0.152. The highest BCUT2D eigenvalue weighted by Gasteiger charge is 2.03. The van der Waals surface area contributed by atoms with Crippen LogP contribution in [-0.4, -0.2) is 18.0 Å². The molecule has 0 N–H and O–H groups in total. The summed E-state index contributed by atoms with van der Waals surface area (Å²) in [5.41, 5.74) is 0. The molecular weight excluding hydrogens is 182 g/mol. The summed E-state index contributed by atoms with van der Waals surface area (Å²) in [4.78, 5) is 16.4. The van der Waals surface area contributed by atoms with Crippen LogP contribution in [0.25, 0.3) is 0 Å². The highest BCUT2D eigenvalue weighted by Crippen LogP contribution is 2.10. The number of aliphatic imine (C=N–C) groups is 1. The first-order valence-electron chi connectivity index (χ1n) is 4.28. The number of nitrogens with zero attached hydrogens (tertiary/aromatic N) is 1. The normalized spacial score (nSPS) is 11.3. The fourth-order valence-electron chi connectivity index (χ4n) is 0.884. The standard InChI is InChI=1S/C10H13NOS/c1-8(2)11-6-5-9(12)10-4-3-7-13-10/h3-4,6-8H,5H2,1-2H3. The molecular formula is C10H13NOS. The Bertz CT molecular complexity index is 288. The number of thiophene rings is 1. The second-order valence-electron chi connectivity index (χ2n) is 3.03. The lowest BCUT2D eigenvalue weighted by molar-refractivity contribution is 0.101. The third kappa shape index (κ3) is 3.51. The molecule has 0 bridgehead atoms. The summed E-state index contributed by atoms with van der Waals surface area (Å²) in [6, 6.07) is 4.00. The van der Waals surface area contributed by atoms with E-state index in [0.29, 0.717) is 6.42 Å². The van der Waals surface area contributed by atoms with Gasteiger partial charge in [-0.1, -0.05) is 6.07 Å². The van der Waals surface area contributed by atoms with Crippen molar-refractivity contribution in [2.24, 2.45) is 4.99 Å². The summed E-state index contributed by atoms with van der Waals surface area (Å²) in [5, 5.41) is 1.91. The first kappa shape index (κ1) is 10.1. The number of carbonyl (C=O) groups excluding carboxylic acids is 1. The second kappa shape index (κ2) is 4.92. The first-order valence-corrected chi connectivity index (χ1v) is 5.16. The van der Waals surface area contributed by atoms with Crippen LogP contribution in [0.15, 0.2) is 22.5 Å². The Morgan fingerprint density at radius 3 is 3.00 bits per heavy atom. The molecule has 3 heteroatoms. The highest BCUT2D eigenvalue weighted by molar-refractivity contribution is 7.12. The molecule has 0 amide bonds. The Morgan fingerprint density at radius 2 is 2.46 bits per heavy atom. The van der Waals surface area contributed by atoms with E-state index >= 15 is 0 Å². The highest BCUT2D eigenvalue weighted by atomic mass is 32.1. The van der Waals surface area contributed by atoms with E-state index in [9.17, 15) is 4.79 Å². The lowest BCUT2D eigenvalue weighted by Crippen LogP contribution is -1.98. The van der Waals surface area contributed by atoms with Crippen molar-refractivity contribution in [3.05, 3.63) is 22.4 Å². The zero-order chi connectivity index (χ0) is 9.68.